The Bertz CT molecular complexity index is 858. The third kappa shape index (κ3) is 2.58. The Hall–Kier alpha value is -3.02. The van der Waals surface area contributed by atoms with Crippen LogP contribution >= 0.6 is 0 Å². The molecule has 0 unspecified atom stereocenters. The van der Waals surface area contributed by atoms with Gasteiger partial charge in [-0.15, -0.1) is 0 Å². The quantitative estimate of drug-likeness (QED) is 0.794. The van der Waals surface area contributed by atoms with Crippen molar-refractivity contribution >= 4 is 5.97 Å². The van der Waals surface area contributed by atoms with Gasteiger partial charge in [0.25, 0.3) is 0 Å². The predicted octanol–water partition coefficient (Wildman–Crippen LogP) is 3.99. The zero-order chi connectivity index (χ0) is 15.7. The van der Waals surface area contributed by atoms with Crippen LogP contribution < -0.4 is 0 Å². The Morgan fingerprint density at radius 1 is 1.14 bits per heavy atom. The molecule has 0 fully saturated rings. The molecule has 0 aliphatic carbocycles. The Morgan fingerprint density at radius 3 is 2.68 bits per heavy atom. The molecule has 4 nitrogen and oxygen atoms in total. The molecule has 0 aliphatic rings. The first-order valence-corrected chi connectivity index (χ1v) is 6.29. The van der Waals surface area contributed by atoms with Gasteiger partial charge in [0.05, 0.1) is 5.56 Å². The van der Waals surface area contributed by atoms with Crippen LogP contribution in [0.4, 0.5) is 8.78 Å². The summed E-state index contributed by atoms with van der Waals surface area (Å²) in [4.78, 5) is 15.1. The lowest BCUT2D eigenvalue weighted by molar-refractivity contribution is 0.0697. The third-order valence-electron chi connectivity index (χ3n) is 3.07. The molecule has 110 valence electrons. The number of carboxylic acid groups (broad SMARTS) is 1. The molecule has 0 atom stereocenters. The Kier molecular flexibility index (Phi) is 3.42. The van der Waals surface area contributed by atoms with Gasteiger partial charge in [-0.3, -0.25) is 0 Å². The molecule has 1 aromatic heterocycles. The summed E-state index contributed by atoms with van der Waals surface area (Å²) < 4.78 is 31.9. The molecule has 0 saturated carbocycles. The highest BCUT2D eigenvalue weighted by atomic mass is 19.1. The van der Waals surface area contributed by atoms with Crippen LogP contribution in [0.1, 0.15) is 10.4 Å². The lowest BCUT2D eigenvalue weighted by Gasteiger charge is -1.99. The van der Waals surface area contributed by atoms with E-state index in [4.69, 9.17) is 9.52 Å². The van der Waals surface area contributed by atoms with Gasteiger partial charge in [-0.2, -0.15) is 0 Å². The average molecular weight is 301 g/mol. The SMILES string of the molecule is O=C(O)c1cccc(-c2nc(-c3ccc(F)cc3F)co2)c1. The van der Waals surface area contributed by atoms with E-state index in [1.807, 2.05) is 0 Å². The van der Waals surface area contributed by atoms with E-state index in [0.29, 0.717) is 5.56 Å². The number of nitrogens with zero attached hydrogens (tertiary/aromatic N) is 1. The van der Waals surface area contributed by atoms with Crippen molar-refractivity contribution in [3.63, 3.8) is 0 Å². The molecule has 0 radical (unpaired) electrons. The van der Waals surface area contributed by atoms with Gasteiger partial charge in [0, 0.05) is 17.2 Å². The first kappa shape index (κ1) is 13.9. The van der Waals surface area contributed by atoms with Crippen LogP contribution in [-0.2, 0) is 0 Å². The molecule has 2 aromatic carbocycles. The summed E-state index contributed by atoms with van der Waals surface area (Å²) >= 11 is 0. The van der Waals surface area contributed by atoms with Crippen LogP contribution in [0.3, 0.4) is 0 Å². The maximum atomic E-state index is 13.7. The number of hydrogen-bond donors (Lipinski definition) is 1. The van der Waals surface area contributed by atoms with Crippen molar-refractivity contribution in [2.24, 2.45) is 0 Å². The Balaban J connectivity index is 2.00. The van der Waals surface area contributed by atoms with Gasteiger partial charge >= 0.3 is 5.97 Å². The van der Waals surface area contributed by atoms with Crippen molar-refractivity contribution in [3.8, 4) is 22.7 Å². The zero-order valence-electron chi connectivity index (χ0n) is 11.1. The predicted molar refractivity (Wildman–Crippen MR) is 74.3 cm³/mol. The lowest BCUT2D eigenvalue weighted by atomic mass is 10.1. The highest BCUT2D eigenvalue weighted by molar-refractivity contribution is 5.89. The highest BCUT2D eigenvalue weighted by Crippen LogP contribution is 2.27. The van der Waals surface area contributed by atoms with E-state index >= 15 is 0 Å². The second-order valence-electron chi connectivity index (χ2n) is 4.55. The van der Waals surface area contributed by atoms with Gasteiger partial charge < -0.3 is 9.52 Å². The first-order valence-electron chi connectivity index (χ1n) is 6.29. The monoisotopic (exact) mass is 301 g/mol. The van der Waals surface area contributed by atoms with E-state index < -0.39 is 17.6 Å². The second kappa shape index (κ2) is 5.40. The van der Waals surface area contributed by atoms with Gasteiger partial charge in [0.15, 0.2) is 0 Å². The van der Waals surface area contributed by atoms with Crippen LogP contribution in [-0.4, -0.2) is 16.1 Å². The van der Waals surface area contributed by atoms with Gasteiger partial charge in [-0.1, -0.05) is 6.07 Å². The first-order chi connectivity index (χ1) is 10.5. The van der Waals surface area contributed by atoms with Gasteiger partial charge in [0.2, 0.25) is 5.89 Å². The number of aromatic nitrogens is 1. The fourth-order valence-corrected chi connectivity index (χ4v) is 2.01. The third-order valence-corrected chi connectivity index (χ3v) is 3.07. The minimum Gasteiger partial charge on any atom is -0.478 e. The molecule has 22 heavy (non-hydrogen) atoms. The van der Waals surface area contributed by atoms with Crippen molar-refractivity contribution in [2.45, 2.75) is 0 Å². The Morgan fingerprint density at radius 2 is 1.95 bits per heavy atom. The minimum absolute atomic E-state index is 0.0882. The maximum absolute atomic E-state index is 13.7. The molecule has 0 saturated heterocycles. The fourth-order valence-electron chi connectivity index (χ4n) is 2.01. The van der Waals surface area contributed by atoms with Crippen LogP contribution in [0.25, 0.3) is 22.7 Å². The smallest absolute Gasteiger partial charge is 0.335 e. The number of carbonyl (C=O) groups is 1. The summed E-state index contributed by atoms with van der Waals surface area (Å²) in [6.07, 6.45) is 1.24. The second-order valence-corrected chi connectivity index (χ2v) is 4.55. The Labute approximate surface area is 123 Å². The van der Waals surface area contributed by atoms with Crippen molar-refractivity contribution in [1.29, 1.82) is 0 Å². The van der Waals surface area contributed by atoms with E-state index in [-0.39, 0.29) is 22.7 Å². The number of oxazole rings is 1. The molecule has 3 aromatic rings. The normalized spacial score (nSPS) is 10.6. The molecule has 0 amide bonds. The topological polar surface area (TPSA) is 63.3 Å². The number of aromatic carboxylic acids is 1. The fraction of sp³-hybridized carbons (Fsp3) is 0. The van der Waals surface area contributed by atoms with Crippen LogP contribution in [0.5, 0.6) is 0 Å². The van der Waals surface area contributed by atoms with Gasteiger partial charge in [-0.05, 0) is 30.3 Å². The van der Waals surface area contributed by atoms with E-state index in [1.165, 1.54) is 24.5 Å². The van der Waals surface area contributed by atoms with Crippen LogP contribution in [0, 0.1) is 11.6 Å². The van der Waals surface area contributed by atoms with E-state index in [1.54, 1.807) is 12.1 Å². The molecular weight excluding hydrogens is 292 g/mol. The summed E-state index contributed by atoms with van der Waals surface area (Å²) in [6.45, 7) is 0. The summed E-state index contributed by atoms with van der Waals surface area (Å²) in [7, 11) is 0. The van der Waals surface area contributed by atoms with Gasteiger partial charge in [0.1, 0.15) is 23.6 Å². The summed E-state index contributed by atoms with van der Waals surface area (Å²) in [5, 5.41) is 8.97. The minimum atomic E-state index is -1.07. The van der Waals surface area contributed by atoms with Crippen molar-refractivity contribution in [3.05, 3.63) is 65.9 Å². The summed E-state index contributed by atoms with van der Waals surface area (Å²) in [5.74, 6) is -2.35. The van der Waals surface area contributed by atoms with E-state index in [0.717, 1.165) is 12.1 Å². The van der Waals surface area contributed by atoms with Crippen LogP contribution in [0.15, 0.2) is 53.1 Å². The standard InChI is InChI=1S/C16H9F2NO3/c17-11-4-5-12(13(18)7-11)14-8-22-15(19-14)9-2-1-3-10(6-9)16(20)21/h1-8H,(H,20,21). The molecule has 0 bridgehead atoms. The maximum Gasteiger partial charge on any atom is 0.335 e. The molecular formula is C16H9F2NO3. The summed E-state index contributed by atoms with van der Waals surface area (Å²) in [5.41, 5.74) is 0.845. The van der Waals surface area contributed by atoms with E-state index in [2.05, 4.69) is 4.98 Å². The lowest BCUT2D eigenvalue weighted by Crippen LogP contribution is -1.95. The number of hydrogen-bond acceptors (Lipinski definition) is 3. The van der Waals surface area contributed by atoms with Crippen LogP contribution in [0.2, 0.25) is 0 Å². The largest absolute Gasteiger partial charge is 0.478 e. The highest BCUT2D eigenvalue weighted by Gasteiger charge is 2.14. The summed E-state index contributed by atoms with van der Waals surface area (Å²) in [6, 6.07) is 9.17. The van der Waals surface area contributed by atoms with Crippen molar-refractivity contribution in [2.75, 3.05) is 0 Å². The molecule has 6 heteroatoms. The molecule has 1 heterocycles. The number of halogens is 2. The average Bonchev–Trinajstić information content (AvgIpc) is 2.97. The molecule has 1 N–H and O–H groups in total. The number of benzene rings is 2. The molecule has 0 spiro atoms. The van der Waals surface area contributed by atoms with Gasteiger partial charge in [-0.25, -0.2) is 18.6 Å². The molecule has 3 rings (SSSR count). The van der Waals surface area contributed by atoms with Crippen molar-refractivity contribution in [1.82, 2.24) is 4.98 Å². The number of carboxylic acids is 1. The number of rotatable bonds is 3. The molecule has 0 aliphatic heterocycles. The van der Waals surface area contributed by atoms with E-state index in [9.17, 15) is 13.6 Å². The van der Waals surface area contributed by atoms with Crippen molar-refractivity contribution < 1.29 is 23.1 Å². The zero-order valence-corrected chi connectivity index (χ0v) is 11.1.